The zero-order valence-corrected chi connectivity index (χ0v) is 15.9. The monoisotopic (exact) mass is 379 g/mol. The van der Waals surface area contributed by atoms with Crippen LogP contribution in [0.5, 0.6) is 0 Å². The highest BCUT2D eigenvalue weighted by Gasteiger charge is 2.55. The minimum absolute atomic E-state index is 0.305. The number of aliphatic hydroxyl groups is 1. The number of hydrogen-bond donors (Lipinski definition) is 4. The molecule has 3 atom stereocenters. The fourth-order valence-corrected chi connectivity index (χ4v) is 4.66. The van der Waals surface area contributed by atoms with Crippen LogP contribution in [0.15, 0.2) is 30.5 Å². The molecule has 2 heterocycles. The first kappa shape index (κ1) is 18.2. The van der Waals surface area contributed by atoms with Gasteiger partial charge in [-0.05, 0) is 31.1 Å². The van der Waals surface area contributed by atoms with Crippen LogP contribution in [0.2, 0.25) is 0 Å². The van der Waals surface area contributed by atoms with Crippen molar-refractivity contribution < 1.29 is 14.7 Å². The molecule has 0 spiro atoms. The molecule has 1 fully saturated rings. The van der Waals surface area contributed by atoms with Crippen molar-refractivity contribution in [1.29, 1.82) is 0 Å². The Balaban J connectivity index is 1.96. The maximum Gasteiger partial charge on any atom is 0.260 e. The Labute approximate surface area is 154 Å². The Kier molecular flexibility index (Phi) is 4.78. The normalized spacial score (nSPS) is 27.8. The molecule has 0 radical (unpaired) electrons. The number of amides is 2. The second-order valence-corrected chi connectivity index (χ2v) is 8.25. The fraction of sp³-hybridized carbons (Fsp3) is 0.412. The van der Waals surface area contributed by atoms with Crippen molar-refractivity contribution in [1.82, 2.24) is 15.6 Å². The number of carbonyl (C=O) groups is 2. The van der Waals surface area contributed by atoms with Gasteiger partial charge in [0.05, 0.1) is 6.10 Å². The smallest absolute Gasteiger partial charge is 0.260 e. The van der Waals surface area contributed by atoms with Crippen molar-refractivity contribution in [3.63, 3.8) is 0 Å². The topological polar surface area (TPSA) is 94.2 Å². The molecule has 2 amide bonds. The highest BCUT2D eigenvalue weighted by atomic mass is 32.2. The predicted octanol–water partition coefficient (Wildman–Crippen LogP) is 1.46. The Morgan fingerprint density at radius 2 is 1.84 bits per heavy atom. The number of hydrogen-bond acceptors (Lipinski definition) is 5. The molecule has 6 nitrogen and oxygen atoms in total. The molecule has 0 bridgehead atoms. The Morgan fingerprint density at radius 3 is 2.48 bits per heavy atom. The molecule has 0 unspecified atom stereocenters. The third-order valence-electron chi connectivity index (χ3n) is 4.69. The number of rotatable bonds is 5. The molecule has 1 aliphatic rings. The molecule has 4 N–H and O–H groups in total. The van der Waals surface area contributed by atoms with Gasteiger partial charge in [-0.15, -0.1) is 23.5 Å². The van der Waals surface area contributed by atoms with Crippen LogP contribution in [0.25, 0.3) is 10.9 Å². The van der Waals surface area contributed by atoms with Crippen molar-refractivity contribution in [2.24, 2.45) is 0 Å². The average Bonchev–Trinajstić information content (AvgIpc) is 3.00. The van der Waals surface area contributed by atoms with Crippen LogP contribution in [-0.2, 0) is 16.0 Å². The van der Waals surface area contributed by atoms with E-state index in [1.54, 1.807) is 12.5 Å². The molecule has 8 heteroatoms. The Hall–Kier alpha value is -1.64. The van der Waals surface area contributed by atoms with Crippen LogP contribution >= 0.6 is 23.5 Å². The van der Waals surface area contributed by atoms with Crippen molar-refractivity contribution in [2.45, 2.75) is 29.2 Å². The van der Waals surface area contributed by atoms with Crippen molar-refractivity contribution >= 4 is 46.2 Å². The molecule has 1 aromatic heterocycles. The van der Waals surface area contributed by atoms with Crippen molar-refractivity contribution in [3.05, 3.63) is 36.0 Å². The Bertz CT molecular complexity index is 822. The fourth-order valence-electron chi connectivity index (χ4n) is 3.15. The van der Waals surface area contributed by atoms with Crippen LogP contribution < -0.4 is 10.6 Å². The number of piperazine rings is 1. The van der Waals surface area contributed by atoms with E-state index in [0.717, 1.165) is 28.2 Å². The number of para-hydroxylation sites is 1. The maximum absolute atomic E-state index is 13.0. The van der Waals surface area contributed by atoms with Crippen LogP contribution in [-0.4, -0.2) is 50.3 Å². The lowest BCUT2D eigenvalue weighted by atomic mass is 9.98. The van der Waals surface area contributed by atoms with Crippen LogP contribution in [0, 0.1) is 0 Å². The van der Waals surface area contributed by atoms with Crippen molar-refractivity contribution in [3.8, 4) is 0 Å². The summed E-state index contributed by atoms with van der Waals surface area (Å²) in [4.78, 5) is 26.4. The van der Waals surface area contributed by atoms with E-state index in [-0.39, 0.29) is 11.8 Å². The maximum atomic E-state index is 13.0. The highest BCUT2D eigenvalue weighted by Crippen LogP contribution is 2.36. The molecule has 2 aromatic rings. The minimum Gasteiger partial charge on any atom is -0.389 e. The first-order valence-electron chi connectivity index (χ1n) is 7.87. The van der Waals surface area contributed by atoms with Gasteiger partial charge in [-0.2, -0.15) is 0 Å². The van der Waals surface area contributed by atoms with Gasteiger partial charge in [0.1, 0.15) is 0 Å². The predicted molar refractivity (Wildman–Crippen MR) is 102 cm³/mol. The largest absolute Gasteiger partial charge is 0.389 e. The SMILES string of the molecule is CS[C@]1(Cc2c[nH]c3ccccc23)NC(=O)[C@@](SC)([C@H](C)O)NC1=O. The lowest BCUT2D eigenvalue weighted by molar-refractivity contribution is -0.142. The Morgan fingerprint density at radius 1 is 1.12 bits per heavy atom. The second-order valence-electron chi connectivity index (χ2n) is 6.09. The van der Waals surface area contributed by atoms with Crippen LogP contribution in [0.3, 0.4) is 0 Å². The second kappa shape index (κ2) is 6.59. The van der Waals surface area contributed by atoms with E-state index < -0.39 is 15.8 Å². The number of thioether (sulfide) groups is 2. The van der Waals surface area contributed by atoms with Gasteiger partial charge in [0.15, 0.2) is 9.74 Å². The number of aromatic nitrogens is 1. The molecule has 25 heavy (non-hydrogen) atoms. The van der Waals surface area contributed by atoms with Crippen LogP contribution in [0.1, 0.15) is 12.5 Å². The third kappa shape index (κ3) is 2.82. The van der Waals surface area contributed by atoms with E-state index in [9.17, 15) is 14.7 Å². The van der Waals surface area contributed by atoms with Gasteiger partial charge in [-0.3, -0.25) is 9.59 Å². The van der Waals surface area contributed by atoms with Gasteiger partial charge >= 0.3 is 0 Å². The number of carbonyl (C=O) groups excluding carboxylic acids is 2. The van der Waals surface area contributed by atoms with E-state index >= 15 is 0 Å². The molecular weight excluding hydrogens is 358 g/mol. The average molecular weight is 380 g/mol. The molecule has 1 saturated heterocycles. The molecule has 134 valence electrons. The van der Waals surface area contributed by atoms with Gasteiger partial charge < -0.3 is 20.7 Å². The molecule has 1 aromatic carbocycles. The van der Waals surface area contributed by atoms with Gasteiger partial charge in [-0.1, -0.05) is 18.2 Å². The third-order valence-corrected chi connectivity index (χ3v) is 7.09. The number of aromatic amines is 1. The molecule has 0 aliphatic carbocycles. The summed E-state index contributed by atoms with van der Waals surface area (Å²) in [6.45, 7) is 1.50. The number of fused-ring (bicyclic) bond motifs is 1. The van der Waals surface area contributed by atoms with Gasteiger partial charge in [0, 0.05) is 23.5 Å². The standard InChI is InChI=1S/C17H21N3O3S2/c1-10(21)17(25-3)15(23)19-16(24-2,14(22)20-17)8-11-9-18-13-7-5-4-6-12(11)13/h4-7,9-10,18,21H,8H2,1-3H3,(H,19,23)(H,20,22)/t10-,16-,17-/m0/s1. The van der Waals surface area contributed by atoms with E-state index in [1.165, 1.54) is 18.7 Å². The van der Waals surface area contributed by atoms with E-state index in [2.05, 4.69) is 15.6 Å². The zero-order valence-electron chi connectivity index (χ0n) is 14.3. The molecule has 0 saturated carbocycles. The van der Waals surface area contributed by atoms with E-state index in [0.29, 0.717) is 6.42 Å². The summed E-state index contributed by atoms with van der Waals surface area (Å²) in [6.07, 6.45) is 4.69. The van der Waals surface area contributed by atoms with Crippen molar-refractivity contribution in [2.75, 3.05) is 12.5 Å². The van der Waals surface area contributed by atoms with Gasteiger partial charge in [-0.25, -0.2) is 0 Å². The lowest BCUT2D eigenvalue weighted by Crippen LogP contribution is -2.76. The first-order valence-corrected chi connectivity index (χ1v) is 10.3. The lowest BCUT2D eigenvalue weighted by Gasteiger charge is -2.45. The number of aliphatic hydroxyl groups excluding tert-OH is 1. The molecule has 3 rings (SSSR count). The number of H-pyrrole nitrogens is 1. The molecule has 1 aliphatic heterocycles. The summed E-state index contributed by atoms with van der Waals surface area (Å²) < 4.78 is 0. The van der Waals surface area contributed by atoms with Gasteiger partial charge in [0.2, 0.25) is 0 Å². The highest BCUT2D eigenvalue weighted by molar-refractivity contribution is 8.01. The minimum atomic E-state index is -1.36. The van der Waals surface area contributed by atoms with Gasteiger partial charge in [0.25, 0.3) is 11.8 Å². The van der Waals surface area contributed by atoms with E-state index in [4.69, 9.17) is 0 Å². The molecular formula is C17H21N3O3S2. The zero-order chi connectivity index (χ0) is 18.2. The summed E-state index contributed by atoms with van der Waals surface area (Å²) in [5.74, 6) is -0.691. The summed E-state index contributed by atoms with van der Waals surface area (Å²) in [5.41, 5.74) is 1.94. The van der Waals surface area contributed by atoms with E-state index in [1.807, 2.05) is 30.5 Å². The number of nitrogens with one attached hydrogen (secondary N) is 3. The summed E-state index contributed by atoms with van der Waals surface area (Å²) in [5, 5.41) is 16.7. The number of benzene rings is 1. The quantitative estimate of drug-likeness (QED) is 0.631. The summed E-state index contributed by atoms with van der Waals surface area (Å²) in [6, 6.07) is 7.84. The first-order chi connectivity index (χ1) is 11.9. The van der Waals surface area contributed by atoms with Crippen LogP contribution in [0.4, 0.5) is 0 Å². The summed E-state index contributed by atoms with van der Waals surface area (Å²) in [7, 11) is 0. The summed E-state index contributed by atoms with van der Waals surface area (Å²) >= 11 is 2.41.